The molecule has 0 atom stereocenters. The fourth-order valence-corrected chi connectivity index (χ4v) is 2.37. The Morgan fingerprint density at radius 3 is 3.00 bits per heavy atom. The van der Waals surface area contributed by atoms with Gasteiger partial charge in [0.1, 0.15) is 5.52 Å². The number of hydrogen-bond donors (Lipinski definition) is 1. The third-order valence-electron chi connectivity index (χ3n) is 3.26. The topological polar surface area (TPSA) is 66.5 Å². The van der Waals surface area contributed by atoms with Crippen molar-refractivity contribution in [2.75, 3.05) is 18.1 Å². The first-order chi connectivity index (χ1) is 10.3. The maximum absolute atomic E-state index is 9.35. The van der Waals surface area contributed by atoms with Crippen LogP contribution in [-0.2, 0) is 6.54 Å². The van der Waals surface area contributed by atoms with Gasteiger partial charge in [0.15, 0.2) is 5.82 Å². The molecule has 0 aromatic carbocycles. The summed E-state index contributed by atoms with van der Waals surface area (Å²) in [6, 6.07) is 5.92. The minimum atomic E-state index is 0.0656. The number of aryl methyl sites for hydroxylation is 1. The summed E-state index contributed by atoms with van der Waals surface area (Å²) in [5.41, 5.74) is 2.95. The standard InChI is InChI=1S/C15H17N5O/c1-12-9-14-15(17-5-6-20(14)18-12)19(7-8-21)11-13-3-2-4-16-10-13/h2-6,9-10,21H,7-8,11H2,1H3. The SMILES string of the molecule is Cc1cc2c(N(CCO)Cc3cccnc3)nccn2n1. The fraction of sp³-hybridized carbons (Fsp3) is 0.267. The molecule has 0 bridgehead atoms. The summed E-state index contributed by atoms with van der Waals surface area (Å²) >= 11 is 0. The zero-order valence-electron chi connectivity index (χ0n) is 11.8. The van der Waals surface area contributed by atoms with Crippen molar-refractivity contribution in [3.8, 4) is 0 Å². The number of nitrogens with zero attached hydrogens (tertiary/aromatic N) is 5. The van der Waals surface area contributed by atoms with Crippen LogP contribution in [0.1, 0.15) is 11.3 Å². The summed E-state index contributed by atoms with van der Waals surface area (Å²) in [6.07, 6.45) is 7.13. The van der Waals surface area contributed by atoms with E-state index < -0.39 is 0 Å². The lowest BCUT2D eigenvalue weighted by molar-refractivity contribution is 0.301. The van der Waals surface area contributed by atoms with Gasteiger partial charge in [0, 0.05) is 37.9 Å². The average Bonchev–Trinajstić information content (AvgIpc) is 2.88. The van der Waals surface area contributed by atoms with E-state index in [9.17, 15) is 5.11 Å². The summed E-state index contributed by atoms with van der Waals surface area (Å²) < 4.78 is 1.81. The molecule has 3 heterocycles. The van der Waals surface area contributed by atoms with Gasteiger partial charge in [-0.15, -0.1) is 0 Å². The highest BCUT2D eigenvalue weighted by atomic mass is 16.3. The molecule has 6 heteroatoms. The van der Waals surface area contributed by atoms with Crippen LogP contribution < -0.4 is 4.90 Å². The predicted octanol–water partition coefficient (Wildman–Crippen LogP) is 1.43. The van der Waals surface area contributed by atoms with Crippen LogP contribution in [0, 0.1) is 6.92 Å². The molecule has 0 spiro atoms. The second kappa shape index (κ2) is 5.88. The van der Waals surface area contributed by atoms with Crippen molar-refractivity contribution in [1.82, 2.24) is 19.6 Å². The molecule has 0 saturated carbocycles. The van der Waals surface area contributed by atoms with E-state index in [2.05, 4.69) is 15.1 Å². The van der Waals surface area contributed by atoms with E-state index in [4.69, 9.17) is 0 Å². The Morgan fingerprint density at radius 1 is 1.33 bits per heavy atom. The first kappa shape index (κ1) is 13.5. The van der Waals surface area contributed by atoms with E-state index in [1.165, 1.54) is 0 Å². The number of hydrogen-bond acceptors (Lipinski definition) is 5. The molecule has 3 aromatic rings. The number of rotatable bonds is 5. The number of aliphatic hydroxyl groups excluding tert-OH is 1. The van der Waals surface area contributed by atoms with Crippen molar-refractivity contribution < 1.29 is 5.11 Å². The Hall–Kier alpha value is -2.47. The highest BCUT2D eigenvalue weighted by molar-refractivity contribution is 5.69. The summed E-state index contributed by atoms with van der Waals surface area (Å²) in [7, 11) is 0. The van der Waals surface area contributed by atoms with Gasteiger partial charge in [-0.3, -0.25) is 4.98 Å². The van der Waals surface area contributed by atoms with Gasteiger partial charge in [-0.25, -0.2) is 9.50 Å². The third-order valence-corrected chi connectivity index (χ3v) is 3.26. The van der Waals surface area contributed by atoms with Crippen molar-refractivity contribution in [1.29, 1.82) is 0 Å². The minimum absolute atomic E-state index is 0.0656. The van der Waals surface area contributed by atoms with Gasteiger partial charge in [-0.05, 0) is 24.6 Å². The van der Waals surface area contributed by atoms with Crippen molar-refractivity contribution in [3.05, 3.63) is 54.2 Å². The Kier molecular flexibility index (Phi) is 3.79. The van der Waals surface area contributed by atoms with E-state index >= 15 is 0 Å². The Morgan fingerprint density at radius 2 is 2.24 bits per heavy atom. The second-order valence-electron chi connectivity index (χ2n) is 4.87. The Bertz CT molecular complexity index is 725. The highest BCUT2D eigenvalue weighted by Gasteiger charge is 2.13. The number of anilines is 1. The van der Waals surface area contributed by atoms with Crippen LogP contribution in [0.4, 0.5) is 5.82 Å². The van der Waals surface area contributed by atoms with Crippen LogP contribution in [-0.4, -0.2) is 37.8 Å². The number of pyridine rings is 1. The van der Waals surface area contributed by atoms with Crippen molar-refractivity contribution >= 4 is 11.3 Å². The molecule has 0 radical (unpaired) electrons. The maximum Gasteiger partial charge on any atom is 0.155 e. The molecular formula is C15H17N5O. The third kappa shape index (κ3) is 2.85. The monoisotopic (exact) mass is 283 g/mol. The lowest BCUT2D eigenvalue weighted by atomic mass is 10.2. The van der Waals surface area contributed by atoms with Crippen molar-refractivity contribution in [2.45, 2.75) is 13.5 Å². The summed E-state index contributed by atoms with van der Waals surface area (Å²) in [5.74, 6) is 0.816. The van der Waals surface area contributed by atoms with Gasteiger partial charge < -0.3 is 10.0 Å². The molecule has 0 unspecified atom stereocenters. The molecule has 3 aromatic heterocycles. The van der Waals surface area contributed by atoms with Crippen LogP contribution >= 0.6 is 0 Å². The predicted molar refractivity (Wildman–Crippen MR) is 80.1 cm³/mol. The molecule has 21 heavy (non-hydrogen) atoms. The zero-order valence-corrected chi connectivity index (χ0v) is 11.8. The van der Waals surface area contributed by atoms with Gasteiger partial charge in [0.2, 0.25) is 0 Å². The summed E-state index contributed by atoms with van der Waals surface area (Å²) in [4.78, 5) is 10.6. The molecule has 0 amide bonds. The molecule has 3 rings (SSSR count). The van der Waals surface area contributed by atoms with E-state index in [0.717, 1.165) is 22.6 Å². The van der Waals surface area contributed by atoms with Crippen LogP contribution in [0.15, 0.2) is 43.0 Å². The number of aliphatic hydroxyl groups is 1. The van der Waals surface area contributed by atoms with Gasteiger partial charge in [-0.1, -0.05) is 6.07 Å². The first-order valence-electron chi connectivity index (χ1n) is 6.83. The maximum atomic E-state index is 9.35. The van der Waals surface area contributed by atoms with E-state index in [1.54, 1.807) is 12.4 Å². The molecule has 0 aliphatic rings. The number of fused-ring (bicyclic) bond motifs is 1. The van der Waals surface area contributed by atoms with Crippen LogP contribution in [0.5, 0.6) is 0 Å². The molecule has 0 saturated heterocycles. The summed E-state index contributed by atoms with van der Waals surface area (Å²) in [6.45, 7) is 3.17. The zero-order chi connectivity index (χ0) is 14.7. The second-order valence-corrected chi connectivity index (χ2v) is 4.87. The van der Waals surface area contributed by atoms with Crippen molar-refractivity contribution in [3.63, 3.8) is 0 Å². The Balaban J connectivity index is 1.99. The summed E-state index contributed by atoms with van der Waals surface area (Å²) in [5, 5.41) is 13.7. The van der Waals surface area contributed by atoms with E-state index in [1.807, 2.05) is 46.9 Å². The highest BCUT2D eigenvalue weighted by Crippen LogP contribution is 2.21. The van der Waals surface area contributed by atoms with E-state index in [0.29, 0.717) is 13.1 Å². The lowest BCUT2D eigenvalue weighted by Crippen LogP contribution is -2.27. The molecule has 6 nitrogen and oxygen atoms in total. The largest absolute Gasteiger partial charge is 0.395 e. The van der Waals surface area contributed by atoms with Crippen LogP contribution in [0.25, 0.3) is 5.52 Å². The van der Waals surface area contributed by atoms with Crippen molar-refractivity contribution in [2.24, 2.45) is 0 Å². The molecule has 0 aliphatic carbocycles. The van der Waals surface area contributed by atoms with Gasteiger partial charge in [0.05, 0.1) is 12.3 Å². The average molecular weight is 283 g/mol. The molecule has 0 aliphatic heterocycles. The van der Waals surface area contributed by atoms with Gasteiger partial charge >= 0.3 is 0 Å². The normalized spacial score (nSPS) is 11.0. The molecule has 1 N–H and O–H groups in total. The smallest absolute Gasteiger partial charge is 0.155 e. The minimum Gasteiger partial charge on any atom is -0.395 e. The first-order valence-corrected chi connectivity index (χ1v) is 6.83. The van der Waals surface area contributed by atoms with Crippen LogP contribution in [0.2, 0.25) is 0 Å². The Labute approximate surface area is 122 Å². The van der Waals surface area contributed by atoms with Crippen LogP contribution in [0.3, 0.4) is 0 Å². The van der Waals surface area contributed by atoms with Gasteiger partial charge in [0.25, 0.3) is 0 Å². The molecule has 0 fully saturated rings. The molecular weight excluding hydrogens is 266 g/mol. The van der Waals surface area contributed by atoms with Gasteiger partial charge in [-0.2, -0.15) is 5.10 Å². The van der Waals surface area contributed by atoms with E-state index in [-0.39, 0.29) is 6.61 Å². The lowest BCUT2D eigenvalue weighted by Gasteiger charge is -2.23. The quantitative estimate of drug-likeness (QED) is 0.767. The number of aromatic nitrogens is 4. The molecule has 108 valence electrons. The fourth-order valence-electron chi connectivity index (χ4n) is 2.37.